The van der Waals surface area contributed by atoms with Gasteiger partial charge < -0.3 is 10.4 Å². The molecule has 1 aliphatic heterocycles. The molecule has 22 heavy (non-hydrogen) atoms. The van der Waals surface area contributed by atoms with Crippen molar-refractivity contribution < 1.29 is 9.90 Å². The smallest absolute Gasteiger partial charge is 0.251 e. The van der Waals surface area contributed by atoms with Crippen LogP contribution in [0.1, 0.15) is 35.2 Å². The topological polar surface area (TPSA) is 52.6 Å². The molecule has 118 valence electrons. The molecule has 2 atom stereocenters. The second-order valence-electron chi connectivity index (χ2n) is 6.33. The van der Waals surface area contributed by atoms with Crippen LogP contribution in [0.15, 0.2) is 36.4 Å². The molecular weight excluding hydrogens is 276 g/mol. The largest absolute Gasteiger partial charge is 0.396 e. The maximum absolute atomic E-state index is 12.4. The average Bonchev–Trinajstić information content (AvgIpc) is 3.19. The third-order valence-corrected chi connectivity index (χ3v) is 4.52. The van der Waals surface area contributed by atoms with E-state index in [0.29, 0.717) is 0 Å². The van der Waals surface area contributed by atoms with E-state index in [1.807, 2.05) is 30.4 Å². The van der Waals surface area contributed by atoms with Crippen molar-refractivity contribution in [1.82, 2.24) is 10.2 Å². The number of carbonyl (C=O) groups is 1. The van der Waals surface area contributed by atoms with Gasteiger partial charge in [-0.15, -0.1) is 0 Å². The lowest BCUT2D eigenvalue weighted by Gasteiger charge is -2.16. The first-order chi connectivity index (χ1) is 10.7. The van der Waals surface area contributed by atoms with Gasteiger partial charge >= 0.3 is 0 Å². The zero-order valence-corrected chi connectivity index (χ0v) is 12.9. The lowest BCUT2D eigenvalue weighted by molar-refractivity contribution is 0.0941. The van der Waals surface area contributed by atoms with Crippen molar-refractivity contribution >= 4 is 5.91 Å². The summed E-state index contributed by atoms with van der Waals surface area (Å²) in [6.45, 7) is 3.39. The van der Waals surface area contributed by atoms with Gasteiger partial charge in [-0.2, -0.15) is 0 Å². The second kappa shape index (κ2) is 7.07. The number of hydrogen-bond donors (Lipinski definition) is 2. The molecule has 0 radical (unpaired) electrons. The molecule has 1 fully saturated rings. The zero-order chi connectivity index (χ0) is 15.4. The Kier molecular flexibility index (Phi) is 4.90. The number of likely N-dealkylation sites (tertiary alicyclic amines) is 1. The van der Waals surface area contributed by atoms with E-state index in [1.54, 1.807) is 0 Å². The summed E-state index contributed by atoms with van der Waals surface area (Å²) >= 11 is 0. The van der Waals surface area contributed by atoms with Crippen LogP contribution in [0.3, 0.4) is 0 Å². The van der Waals surface area contributed by atoms with Gasteiger partial charge in [0.1, 0.15) is 0 Å². The molecule has 0 unspecified atom stereocenters. The molecule has 1 aromatic carbocycles. The highest BCUT2D eigenvalue weighted by molar-refractivity contribution is 5.94. The molecule has 1 aromatic rings. The van der Waals surface area contributed by atoms with Crippen molar-refractivity contribution in [2.45, 2.75) is 31.8 Å². The Bertz CT molecular complexity index is 550. The summed E-state index contributed by atoms with van der Waals surface area (Å²) in [5.41, 5.74) is 1.92. The molecular formula is C18H24N2O2. The van der Waals surface area contributed by atoms with E-state index in [0.717, 1.165) is 31.6 Å². The number of amides is 1. The SMILES string of the molecule is O=C(N[C@@H]1C=C[C@H](CO)C1)c1cccc(CN2CCCC2)c1. The molecule has 0 saturated carbocycles. The molecule has 0 aromatic heterocycles. The van der Waals surface area contributed by atoms with Gasteiger partial charge in [-0.1, -0.05) is 24.3 Å². The Balaban J connectivity index is 1.59. The summed E-state index contributed by atoms with van der Waals surface area (Å²) in [7, 11) is 0. The van der Waals surface area contributed by atoms with Gasteiger partial charge in [0, 0.05) is 30.7 Å². The fourth-order valence-corrected chi connectivity index (χ4v) is 3.28. The van der Waals surface area contributed by atoms with Crippen LogP contribution >= 0.6 is 0 Å². The lowest BCUT2D eigenvalue weighted by atomic mass is 10.1. The molecule has 1 heterocycles. The molecule has 1 aliphatic carbocycles. The fraction of sp³-hybridized carbons (Fsp3) is 0.500. The number of benzene rings is 1. The highest BCUT2D eigenvalue weighted by atomic mass is 16.3. The van der Waals surface area contributed by atoms with Crippen LogP contribution in [0.5, 0.6) is 0 Å². The molecule has 1 saturated heterocycles. The monoisotopic (exact) mass is 300 g/mol. The minimum atomic E-state index is -0.0310. The second-order valence-corrected chi connectivity index (χ2v) is 6.33. The van der Waals surface area contributed by atoms with Crippen molar-refractivity contribution in [3.8, 4) is 0 Å². The number of rotatable bonds is 5. The van der Waals surface area contributed by atoms with Crippen molar-refractivity contribution in [3.05, 3.63) is 47.5 Å². The van der Waals surface area contributed by atoms with Gasteiger partial charge in [0.05, 0.1) is 0 Å². The number of carbonyl (C=O) groups excluding carboxylic acids is 1. The fourth-order valence-electron chi connectivity index (χ4n) is 3.28. The average molecular weight is 300 g/mol. The quantitative estimate of drug-likeness (QED) is 0.817. The molecule has 1 amide bonds. The van der Waals surface area contributed by atoms with Crippen LogP contribution < -0.4 is 5.32 Å². The predicted octanol–water partition coefficient (Wildman–Crippen LogP) is 1.95. The Labute approximate surface area is 131 Å². The van der Waals surface area contributed by atoms with Crippen LogP contribution in [0, 0.1) is 5.92 Å². The standard InChI is InChI=1S/C18H24N2O2/c21-13-15-6-7-17(11-15)19-18(22)16-5-3-4-14(10-16)12-20-8-1-2-9-20/h3-7,10,15,17,21H,1-2,8-9,11-13H2,(H,19,22)/t15-,17+/m0/s1. The summed E-state index contributed by atoms with van der Waals surface area (Å²) in [4.78, 5) is 14.8. The van der Waals surface area contributed by atoms with E-state index in [-0.39, 0.29) is 24.5 Å². The molecule has 0 bridgehead atoms. The van der Waals surface area contributed by atoms with Gasteiger partial charge in [0.2, 0.25) is 0 Å². The molecule has 3 rings (SSSR count). The maximum atomic E-state index is 12.4. The van der Waals surface area contributed by atoms with E-state index in [1.165, 1.54) is 18.4 Å². The van der Waals surface area contributed by atoms with Crippen molar-refractivity contribution in [2.24, 2.45) is 5.92 Å². The summed E-state index contributed by atoms with van der Waals surface area (Å²) in [5, 5.41) is 12.2. The van der Waals surface area contributed by atoms with Gasteiger partial charge in [-0.25, -0.2) is 0 Å². The lowest BCUT2D eigenvalue weighted by Crippen LogP contribution is -2.33. The summed E-state index contributed by atoms with van der Waals surface area (Å²) < 4.78 is 0. The molecule has 2 N–H and O–H groups in total. The number of aliphatic hydroxyl groups is 1. The summed E-state index contributed by atoms with van der Waals surface area (Å²) in [5.74, 6) is 0.142. The summed E-state index contributed by atoms with van der Waals surface area (Å²) in [6.07, 6.45) is 7.30. The van der Waals surface area contributed by atoms with Crippen LogP contribution in [-0.4, -0.2) is 41.7 Å². The van der Waals surface area contributed by atoms with E-state index < -0.39 is 0 Å². The molecule has 2 aliphatic rings. The molecule has 4 nitrogen and oxygen atoms in total. The van der Waals surface area contributed by atoms with Crippen LogP contribution in [0.2, 0.25) is 0 Å². The van der Waals surface area contributed by atoms with E-state index >= 15 is 0 Å². The minimum Gasteiger partial charge on any atom is -0.396 e. The number of hydrogen-bond acceptors (Lipinski definition) is 3. The van der Waals surface area contributed by atoms with Crippen molar-refractivity contribution in [2.75, 3.05) is 19.7 Å². The molecule has 0 spiro atoms. The van der Waals surface area contributed by atoms with Crippen LogP contribution in [0.4, 0.5) is 0 Å². The van der Waals surface area contributed by atoms with Gasteiger partial charge in [-0.3, -0.25) is 9.69 Å². The molecule has 4 heteroatoms. The Morgan fingerprint density at radius 3 is 2.82 bits per heavy atom. The summed E-state index contributed by atoms with van der Waals surface area (Å²) in [6, 6.07) is 7.95. The Morgan fingerprint density at radius 2 is 2.09 bits per heavy atom. The minimum absolute atomic E-state index is 0.0310. The van der Waals surface area contributed by atoms with E-state index in [9.17, 15) is 4.79 Å². The van der Waals surface area contributed by atoms with Gasteiger partial charge in [-0.05, 0) is 50.0 Å². The maximum Gasteiger partial charge on any atom is 0.251 e. The predicted molar refractivity (Wildman–Crippen MR) is 86.5 cm³/mol. The Hall–Kier alpha value is -1.65. The van der Waals surface area contributed by atoms with E-state index in [2.05, 4.69) is 16.3 Å². The zero-order valence-electron chi connectivity index (χ0n) is 12.9. The highest BCUT2D eigenvalue weighted by Gasteiger charge is 2.20. The third-order valence-electron chi connectivity index (χ3n) is 4.52. The van der Waals surface area contributed by atoms with Crippen LogP contribution in [0.25, 0.3) is 0 Å². The first kappa shape index (κ1) is 15.3. The van der Waals surface area contributed by atoms with Crippen LogP contribution in [-0.2, 0) is 6.54 Å². The van der Waals surface area contributed by atoms with E-state index in [4.69, 9.17) is 5.11 Å². The number of nitrogens with one attached hydrogen (secondary N) is 1. The number of nitrogens with zero attached hydrogens (tertiary/aromatic N) is 1. The van der Waals surface area contributed by atoms with Crippen molar-refractivity contribution in [3.63, 3.8) is 0 Å². The highest BCUT2D eigenvalue weighted by Crippen LogP contribution is 2.18. The van der Waals surface area contributed by atoms with Gasteiger partial charge in [0.15, 0.2) is 0 Å². The third kappa shape index (κ3) is 3.76. The normalized spacial score (nSPS) is 24.8. The Morgan fingerprint density at radius 1 is 1.27 bits per heavy atom. The first-order valence-electron chi connectivity index (χ1n) is 8.16. The van der Waals surface area contributed by atoms with Crippen molar-refractivity contribution in [1.29, 1.82) is 0 Å². The first-order valence-corrected chi connectivity index (χ1v) is 8.16. The van der Waals surface area contributed by atoms with Gasteiger partial charge in [0.25, 0.3) is 5.91 Å². The number of aliphatic hydroxyl groups excluding tert-OH is 1.